The molecule has 1 heterocycles. The molecule has 0 unspecified atom stereocenters. The first-order valence-electron chi connectivity index (χ1n) is 8.49. The second kappa shape index (κ2) is 7.47. The largest absolute Gasteiger partial charge is 0.496 e. The quantitative estimate of drug-likeness (QED) is 0.796. The molecule has 1 saturated heterocycles. The number of rotatable bonds is 4. The maximum absolute atomic E-state index is 13.0. The summed E-state index contributed by atoms with van der Waals surface area (Å²) in [4.78, 5) is 2.48. The third-order valence-electron chi connectivity index (χ3n) is 4.69. The van der Waals surface area contributed by atoms with Gasteiger partial charge in [0.05, 0.1) is 12.0 Å². The van der Waals surface area contributed by atoms with Gasteiger partial charge in [0.25, 0.3) is 0 Å². The number of ether oxygens (including phenoxy) is 1. The van der Waals surface area contributed by atoms with Gasteiger partial charge < -0.3 is 9.64 Å². The number of hydrogen-bond donors (Lipinski definition) is 0. The Balaban J connectivity index is 1.78. The SMILES string of the molecule is COc1c(C)cc(S(=O)(=O)N2CCN(c3cccc(Cl)c3)CC2)cc1C. The summed E-state index contributed by atoms with van der Waals surface area (Å²) in [5.41, 5.74) is 2.66. The predicted molar refractivity (Wildman–Crippen MR) is 105 cm³/mol. The van der Waals surface area contributed by atoms with Gasteiger partial charge in [-0.3, -0.25) is 0 Å². The minimum Gasteiger partial charge on any atom is -0.496 e. The van der Waals surface area contributed by atoms with Crippen LogP contribution in [0.4, 0.5) is 5.69 Å². The van der Waals surface area contributed by atoms with E-state index in [-0.39, 0.29) is 0 Å². The summed E-state index contributed by atoms with van der Waals surface area (Å²) in [6.07, 6.45) is 0. The molecule has 0 amide bonds. The highest BCUT2D eigenvalue weighted by Gasteiger charge is 2.29. The van der Waals surface area contributed by atoms with E-state index in [2.05, 4.69) is 4.90 Å². The number of methoxy groups -OCH3 is 1. The highest BCUT2D eigenvalue weighted by atomic mass is 35.5. The molecule has 1 aliphatic rings. The van der Waals surface area contributed by atoms with Crippen molar-refractivity contribution in [1.82, 2.24) is 4.31 Å². The van der Waals surface area contributed by atoms with Gasteiger partial charge in [0.1, 0.15) is 5.75 Å². The number of piperazine rings is 1. The Bertz CT molecular complexity index is 884. The van der Waals surface area contributed by atoms with E-state index in [1.54, 1.807) is 23.5 Å². The molecule has 3 rings (SSSR count). The van der Waals surface area contributed by atoms with Crippen molar-refractivity contribution < 1.29 is 13.2 Å². The molecule has 5 nitrogen and oxygen atoms in total. The topological polar surface area (TPSA) is 49.9 Å². The smallest absolute Gasteiger partial charge is 0.243 e. The number of sulfonamides is 1. The Morgan fingerprint density at radius 3 is 2.15 bits per heavy atom. The first kappa shape index (κ1) is 19.0. The van der Waals surface area contributed by atoms with Crippen molar-refractivity contribution >= 4 is 27.3 Å². The molecule has 0 atom stereocenters. The van der Waals surface area contributed by atoms with Crippen molar-refractivity contribution in [2.75, 3.05) is 38.2 Å². The molecule has 0 aromatic heterocycles. The van der Waals surface area contributed by atoms with Crippen LogP contribution in [-0.4, -0.2) is 46.0 Å². The van der Waals surface area contributed by atoms with Crippen LogP contribution in [0, 0.1) is 13.8 Å². The molecular weight excluding hydrogens is 372 g/mol. The lowest BCUT2D eigenvalue weighted by atomic mass is 10.1. The lowest BCUT2D eigenvalue weighted by Crippen LogP contribution is -2.48. The molecule has 1 fully saturated rings. The van der Waals surface area contributed by atoms with Crippen molar-refractivity contribution in [3.63, 3.8) is 0 Å². The fraction of sp³-hybridized carbons (Fsp3) is 0.368. The van der Waals surface area contributed by atoms with E-state index < -0.39 is 10.0 Å². The van der Waals surface area contributed by atoms with Gasteiger partial charge in [-0.15, -0.1) is 0 Å². The Morgan fingerprint density at radius 2 is 1.62 bits per heavy atom. The number of aryl methyl sites for hydroxylation is 2. The van der Waals surface area contributed by atoms with Gasteiger partial charge in [0.2, 0.25) is 10.0 Å². The van der Waals surface area contributed by atoms with Gasteiger partial charge in [0.15, 0.2) is 0 Å². The van der Waals surface area contributed by atoms with Crippen molar-refractivity contribution in [2.45, 2.75) is 18.7 Å². The van der Waals surface area contributed by atoms with Crippen LogP contribution >= 0.6 is 11.6 Å². The summed E-state index contributed by atoms with van der Waals surface area (Å²) in [6, 6.07) is 11.0. The van der Waals surface area contributed by atoms with Crippen LogP contribution in [0.25, 0.3) is 0 Å². The molecule has 2 aromatic carbocycles. The minimum atomic E-state index is -3.52. The van der Waals surface area contributed by atoms with Gasteiger partial charge in [-0.1, -0.05) is 17.7 Å². The standard InChI is InChI=1S/C19H23ClN2O3S/c1-14-11-18(12-15(2)19(14)25-3)26(23,24)22-9-7-21(8-10-22)17-6-4-5-16(20)13-17/h4-6,11-13H,7-10H2,1-3H3. The Kier molecular flexibility index (Phi) is 5.46. The van der Waals surface area contributed by atoms with Crippen molar-refractivity contribution in [3.8, 4) is 5.75 Å². The fourth-order valence-electron chi connectivity index (χ4n) is 3.39. The van der Waals surface area contributed by atoms with E-state index in [1.807, 2.05) is 38.1 Å². The molecule has 0 spiro atoms. The van der Waals surface area contributed by atoms with Crippen LogP contribution in [0.3, 0.4) is 0 Å². The predicted octanol–water partition coefficient (Wildman–Crippen LogP) is 3.48. The van der Waals surface area contributed by atoms with E-state index in [0.29, 0.717) is 36.1 Å². The zero-order valence-corrected chi connectivity index (χ0v) is 16.8. The minimum absolute atomic E-state index is 0.324. The highest BCUT2D eigenvalue weighted by Crippen LogP contribution is 2.29. The summed E-state index contributed by atoms with van der Waals surface area (Å²) in [5, 5.41) is 0.682. The van der Waals surface area contributed by atoms with Crippen molar-refractivity contribution in [2.24, 2.45) is 0 Å². The van der Waals surface area contributed by atoms with Gasteiger partial charge in [-0.25, -0.2) is 8.42 Å². The summed E-state index contributed by atoms with van der Waals surface area (Å²) < 4.78 is 33.0. The molecule has 7 heteroatoms. The maximum Gasteiger partial charge on any atom is 0.243 e. The number of nitrogens with zero attached hydrogens (tertiary/aromatic N) is 2. The van der Waals surface area contributed by atoms with Crippen LogP contribution in [-0.2, 0) is 10.0 Å². The van der Waals surface area contributed by atoms with Gasteiger partial charge in [0, 0.05) is 36.9 Å². The number of hydrogen-bond acceptors (Lipinski definition) is 4. The van der Waals surface area contributed by atoms with Crippen molar-refractivity contribution in [3.05, 3.63) is 52.5 Å². The van der Waals surface area contributed by atoms with E-state index in [0.717, 1.165) is 22.6 Å². The van der Waals surface area contributed by atoms with Crippen LogP contribution in [0.15, 0.2) is 41.3 Å². The molecule has 0 radical (unpaired) electrons. The zero-order chi connectivity index (χ0) is 18.9. The molecule has 0 saturated carbocycles. The number of anilines is 1. The molecule has 0 N–H and O–H groups in total. The Hall–Kier alpha value is -1.76. The second-order valence-electron chi connectivity index (χ2n) is 6.46. The van der Waals surface area contributed by atoms with Crippen LogP contribution in [0.2, 0.25) is 5.02 Å². The van der Waals surface area contributed by atoms with Gasteiger partial charge in [-0.2, -0.15) is 4.31 Å². The number of benzene rings is 2. The average Bonchev–Trinajstić information content (AvgIpc) is 2.61. The summed E-state index contributed by atoms with van der Waals surface area (Å²) >= 11 is 6.06. The molecule has 26 heavy (non-hydrogen) atoms. The zero-order valence-electron chi connectivity index (χ0n) is 15.2. The van der Waals surface area contributed by atoms with Gasteiger partial charge in [-0.05, 0) is 55.3 Å². The average molecular weight is 395 g/mol. The van der Waals surface area contributed by atoms with E-state index in [4.69, 9.17) is 16.3 Å². The summed E-state index contributed by atoms with van der Waals surface area (Å²) in [5.74, 6) is 0.731. The lowest BCUT2D eigenvalue weighted by Gasteiger charge is -2.35. The van der Waals surface area contributed by atoms with Crippen LogP contribution in [0.5, 0.6) is 5.75 Å². The third-order valence-corrected chi connectivity index (χ3v) is 6.80. The molecule has 0 aliphatic carbocycles. The normalized spacial score (nSPS) is 15.9. The molecule has 2 aromatic rings. The molecule has 0 bridgehead atoms. The summed E-state index contributed by atoms with van der Waals surface area (Å²) in [7, 11) is -1.92. The number of halogens is 1. The Labute approximate surface area is 160 Å². The third kappa shape index (κ3) is 3.68. The van der Waals surface area contributed by atoms with E-state index >= 15 is 0 Å². The lowest BCUT2D eigenvalue weighted by molar-refractivity contribution is 0.384. The second-order valence-corrected chi connectivity index (χ2v) is 8.84. The maximum atomic E-state index is 13.0. The first-order chi connectivity index (χ1) is 12.3. The van der Waals surface area contributed by atoms with Gasteiger partial charge >= 0.3 is 0 Å². The molecule has 140 valence electrons. The summed E-state index contributed by atoms with van der Waals surface area (Å²) in [6.45, 7) is 5.88. The van der Waals surface area contributed by atoms with E-state index in [9.17, 15) is 8.42 Å². The monoisotopic (exact) mass is 394 g/mol. The van der Waals surface area contributed by atoms with Crippen LogP contribution in [0.1, 0.15) is 11.1 Å². The first-order valence-corrected chi connectivity index (χ1v) is 10.3. The highest BCUT2D eigenvalue weighted by molar-refractivity contribution is 7.89. The molecule has 1 aliphatic heterocycles. The Morgan fingerprint density at radius 1 is 1.00 bits per heavy atom. The van der Waals surface area contributed by atoms with Crippen LogP contribution < -0.4 is 9.64 Å². The van der Waals surface area contributed by atoms with Crippen molar-refractivity contribution in [1.29, 1.82) is 0 Å². The van der Waals surface area contributed by atoms with E-state index in [1.165, 1.54) is 0 Å². The fourth-order valence-corrected chi connectivity index (χ4v) is 5.17. The molecular formula is C19H23ClN2O3S.